The van der Waals surface area contributed by atoms with E-state index in [1.165, 1.54) is 0 Å². The van der Waals surface area contributed by atoms with E-state index >= 15 is 0 Å². The summed E-state index contributed by atoms with van der Waals surface area (Å²) in [5.74, 6) is -1.09. The number of hydrogen-bond donors (Lipinski definition) is 3. The molecule has 0 rings (SSSR count). The minimum atomic E-state index is -0.947. The number of aliphatic carboxylic acids is 1. The van der Waals surface area contributed by atoms with E-state index in [-0.39, 0.29) is 19.3 Å². The van der Waals surface area contributed by atoms with Gasteiger partial charge in [0.2, 0.25) is 5.91 Å². The zero-order valence-electron chi connectivity index (χ0n) is 9.58. The Morgan fingerprint density at radius 2 is 1.81 bits per heavy atom. The molecule has 0 aliphatic carbocycles. The standard InChI is InChI=1S/C10H18N2O4/c1-7(2)6-11-10(16)12-8(13)4-3-5-9(14)15/h7H,3-6H2,1-2H3,(H,14,15)(H2,11,12,13,16). The molecule has 0 aliphatic rings. The maximum Gasteiger partial charge on any atom is 0.321 e. The lowest BCUT2D eigenvalue weighted by Crippen LogP contribution is -2.40. The number of carbonyl (C=O) groups excluding carboxylic acids is 2. The Morgan fingerprint density at radius 3 is 2.31 bits per heavy atom. The van der Waals surface area contributed by atoms with Gasteiger partial charge in [0.25, 0.3) is 0 Å². The maximum absolute atomic E-state index is 11.1. The van der Waals surface area contributed by atoms with Crippen LogP contribution in [0.15, 0.2) is 0 Å². The minimum absolute atomic E-state index is 0.0431. The smallest absolute Gasteiger partial charge is 0.321 e. The molecule has 0 heterocycles. The molecule has 3 amide bonds. The Kier molecular flexibility index (Phi) is 6.91. The van der Waals surface area contributed by atoms with E-state index in [1.807, 2.05) is 13.8 Å². The number of nitrogens with one attached hydrogen (secondary N) is 2. The summed E-state index contributed by atoms with van der Waals surface area (Å²) in [6.45, 7) is 4.37. The quantitative estimate of drug-likeness (QED) is 0.626. The third-order valence-electron chi connectivity index (χ3n) is 1.72. The number of amides is 3. The van der Waals surface area contributed by atoms with Gasteiger partial charge in [0.1, 0.15) is 0 Å². The molecule has 0 aromatic carbocycles. The summed E-state index contributed by atoms with van der Waals surface area (Å²) in [4.78, 5) is 32.4. The topological polar surface area (TPSA) is 95.5 Å². The number of rotatable bonds is 6. The van der Waals surface area contributed by atoms with Crippen molar-refractivity contribution in [2.24, 2.45) is 5.92 Å². The molecule has 0 saturated heterocycles. The first-order valence-corrected chi connectivity index (χ1v) is 5.21. The van der Waals surface area contributed by atoms with Gasteiger partial charge in [-0.25, -0.2) is 4.79 Å². The van der Waals surface area contributed by atoms with E-state index in [2.05, 4.69) is 10.6 Å². The number of carboxylic acid groups (broad SMARTS) is 1. The van der Waals surface area contributed by atoms with Gasteiger partial charge in [0.15, 0.2) is 0 Å². The highest BCUT2D eigenvalue weighted by molar-refractivity contribution is 5.94. The zero-order valence-corrected chi connectivity index (χ0v) is 9.58. The second-order valence-corrected chi connectivity index (χ2v) is 3.90. The lowest BCUT2D eigenvalue weighted by atomic mass is 10.2. The van der Waals surface area contributed by atoms with Crippen LogP contribution in [-0.4, -0.2) is 29.6 Å². The van der Waals surface area contributed by atoms with Crippen molar-refractivity contribution >= 4 is 17.9 Å². The van der Waals surface area contributed by atoms with Crippen LogP contribution in [0.3, 0.4) is 0 Å². The van der Waals surface area contributed by atoms with Gasteiger partial charge in [-0.1, -0.05) is 13.8 Å². The lowest BCUT2D eigenvalue weighted by Gasteiger charge is -2.08. The molecule has 6 heteroatoms. The molecule has 3 N–H and O–H groups in total. The number of carboxylic acids is 1. The van der Waals surface area contributed by atoms with E-state index < -0.39 is 17.9 Å². The van der Waals surface area contributed by atoms with Crippen LogP contribution >= 0.6 is 0 Å². The Morgan fingerprint density at radius 1 is 1.19 bits per heavy atom. The summed E-state index contributed by atoms with van der Waals surface area (Å²) in [6.07, 6.45) is 0.209. The molecule has 0 unspecified atom stereocenters. The van der Waals surface area contributed by atoms with Crippen molar-refractivity contribution < 1.29 is 19.5 Å². The van der Waals surface area contributed by atoms with Gasteiger partial charge in [0.05, 0.1) is 0 Å². The molecule has 0 saturated carbocycles. The van der Waals surface area contributed by atoms with Gasteiger partial charge >= 0.3 is 12.0 Å². The van der Waals surface area contributed by atoms with E-state index in [0.717, 1.165) is 0 Å². The highest BCUT2D eigenvalue weighted by Gasteiger charge is 2.08. The number of hydrogen-bond acceptors (Lipinski definition) is 3. The second-order valence-electron chi connectivity index (χ2n) is 3.90. The van der Waals surface area contributed by atoms with Gasteiger partial charge < -0.3 is 10.4 Å². The summed E-state index contributed by atoms with van der Waals surface area (Å²) in [6, 6.07) is -0.533. The largest absolute Gasteiger partial charge is 0.481 e. The number of carbonyl (C=O) groups is 3. The summed E-state index contributed by atoms with van der Waals surface area (Å²) >= 11 is 0. The summed E-state index contributed by atoms with van der Waals surface area (Å²) in [5, 5.41) is 13.0. The summed E-state index contributed by atoms with van der Waals surface area (Å²) in [5.41, 5.74) is 0. The first-order chi connectivity index (χ1) is 7.41. The Hall–Kier alpha value is -1.59. The van der Waals surface area contributed by atoms with Crippen molar-refractivity contribution in [2.45, 2.75) is 33.1 Å². The fourth-order valence-electron chi connectivity index (χ4n) is 0.930. The normalized spacial score (nSPS) is 9.94. The van der Waals surface area contributed by atoms with Gasteiger partial charge in [-0.05, 0) is 12.3 Å². The molecule has 0 aliphatic heterocycles. The van der Waals surface area contributed by atoms with E-state index in [9.17, 15) is 14.4 Å². The molecule has 0 aromatic heterocycles. The third-order valence-corrected chi connectivity index (χ3v) is 1.72. The molecular formula is C10H18N2O4. The van der Waals surface area contributed by atoms with Gasteiger partial charge in [-0.3, -0.25) is 14.9 Å². The van der Waals surface area contributed by atoms with Crippen molar-refractivity contribution in [3.05, 3.63) is 0 Å². The van der Waals surface area contributed by atoms with Gasteiger partial charge in [-0.15, -0.1) is 0 Å². The molecular weight excluding hydrogens is 212 g/mol. The molecule has 0 bridgehead atoms. The Labute approximate surface area is 94.4 Å². The van der Waals surface area contributed by atoms with Crippen LogP contribution in [0, 0.1) is 5.92 Å². The average molecular weight is 230 g/mol. The molecule has 0 spiro atoms. The van der Waals surface area contributed by atoms with E-state index in [0.29, 0.717) is 12.5 Å². The summed E-state index contributed by atoms with van der Waals surface area (Å²) in [7, 11) is 0. The SMILES string of the molecule is CC(C)CNC(=O)NC(=O)CCCC(=O)O. The second kappa shape index (κ2) is 7.67. The van der Waals surface area contributed by atoms with Crippen LogP contribution in [-0.2, 0) is 9.59 Å². The molecule has 6 nitrogen and oxygen atoms in total. The van der Waals surface area contributed by atoms with Crippen molar-refractivity contribution in [3.63, 3.8) is 0 Å². The van der Waals surface area contributed by atoms with Crippen molar-refractivity contribution in [1.82, 2.24) is 10.6 Å². The van der Waals surface area contributed by atoms with Crippen LogP contribution < -0.4 is 10.6 Å². The first-order valence-electron chi connectivity index (χ1n) is 5.21. The number of urea groups is 1. The molecule has 16 heavy (non-hydrogen) atoms. The fourth-order valence-corrected chi connectivity index (χ4v) is 0.930. The third kappa shape index (κ3) is 8.98. The molecule has 92 valence electrons. The number of imide groups is 1. The Bertz CT molecular complexity index is 264. The van der Waals surface area contributed by atoms with Gasteiger partial charge in [0, 0.05) is 19.4 Å². The van der Waals surface area contributed by atoms with Crippen molar-refractivity contribution in [2.75, 3.05) is 6.54 Å². The van der Waals surface area contributed by atoms with Crippen molar-refractivity contribution in [3.8, 4) is 0 Å². The van der Waals surface area contributed by atoms with Gasteiger partial charge in [-0.2, -0.15) is 0 Å². The minimum Gasteiger partial charge on any atom is -0.481 e. The van der Waals surface area contributed by atoms with E-state index in [1.54, 1.807) is 0 Å². The predicted octanol–water partition coefficient (Wildman–Crippen LogP) is 0.723. The van der Waals surface area contributed by atoms with Crippen LogP contribution in [0.2, 0.25) is 0 Å². The zero-order chi connectivity index (χ0) is 12.6. The van der Waals surface area contributed by atoms with Crippen LogP contribution in [0.5, 0.6) is 0 Å². The predicted molar refractivity (Wildman–Crippen MR) is 57.9 cm³/mol. The van der Waals surface area contributed by atoms with Crippen LogP contribution in [0.1, 0.15) is 33.1 Å². The fraction of sp³-hybridized carbons (Fsp3) is 0.700. The van der Waals surface area contributed by atoms with Crippen LogP contribution in [0.25, 0.3) is 0 Å². The van der Waals surface area contributed by atoms with Crippen molar-refractivity contribution in [1.29, 1.82) is 0 Å². The molecule has 0 aromatic rings. The summed E-state index contributed by atoms with van der Waals surface area (Å²) < 4.78 is 0. The molecule has 0 radical (unpaired) electrons. The van der Waals surface area contributed by atoms with Crippen LogP contribution in [0.4, 0.5) is 4.79 Å². The molecule has 0 fully saturated rings. The monoisotopic (exact) mass is 230 g/mol. The molecule has 0 atom stereocenters. The highest BCUT2D eigenvalue weighted by atomic mass is 16.4. The van der Waals surface area contributed by atoms with E-state index in [4.69, 9.17) is 5.11 Å². The lowest BCUT2D eigenvalue weighted by molar-refractivity contribution is -0.137. The first kappa shape index (κ1) is 14.4. The maximum atomic E-state index is 11.1. The average Bonchev–Trinajstić information content (AvgIpc) is 2.14. The Balaban J connectivity index is 3.62. The highest BCUT2D eigenvalue weighted by Crippen LogP contribution is 1.94.